The third-order valence-corrected chi connectivity index (χ3v) is 3.23. The second-order valence-electron chi connectivity index (χ2n) is 4.13. The first kappa shape index (κ1) is 16.6. The van der Waals surface area contributed by atoms with Crippen LogP contribution in [0.5, 0.6) is 5.75 Å². The van der Waals surface area contributed by atoms with Gasteiger partial charge in [0.25, 0.3) is 5.69 Å². The first-order valence-electron chi connectivity index (χ1n) is 5.69. The Balaban J connectivity index is 3.00. The summed E-state index contributed by atoms with van der Waals surface area (Å²) < 4.78 is 27.2. The van der Waals surface area contributed by atoms with Gasteiger partial charge < -0.3 is 9.84 Å². The fraction of sp³-hybridized carbons (Fsp3) is 0.250. The van der Waals surface area contributed by atoms with Crippen LogP contribution in [0.2, 0.25) is 0 Å². The van der Waals surface area contributed by atoms with E-state index in [4.69, 9.17) is 9.84 Å². The highest BCUT2D eigenvalue weighted by Gasteiger charge is 2.11. The standard InChI is InChI=1S/C12H13NO7S/c1-21(18,19)7-6-20-11-4-3-10(13(16)17)8-9(11)2-5-12(14)15/h2-5,8H,6-7H2,1H3,(H,14,15)/b5-2+. The highest BCUT2D eigenvalue weighted by atomic mass is 32.2. The zero-order valence-corrected chi connectivity index (χ0v) is 11.9. The number of sulfone groups is 1. The van der Waals surface area contributed by atoms with Gasteiger partial charge in [-0.1, -0.05) is 0 Å². The number of non-ortho nitro benzene ring substituents is 1. The summed E-state index contributed by atoms with van der Waals surface area (Å²) in [7, 11) is -3.20. The van der Waals surface area contributed by atoms with Crippen LogP contribution >= 0.6 is 0 Å². The summed E-state index contributed by atoms with van der Waals surface area (Å²) in [5, 5.41) is 19.3. The molecule has 0 saturated heterocycles. The predicted octanol–water partition coefficient (Wildman–Crippen LogP) is 1.12. The number of benzene rings is 1. The van der Waals surface area contributed by atoms with E-state index in [0.29, 0.717) is 0 Å². The molecule has 1 aromatic carbocycles. The molecule has 1 aromatic rings. The Labute approximate surface area is 120 Å². The van der Waals surface area contributed by atoms with E-state index in [0.717, 1.165) is 24.5 Å². The number of nitro benzene ring substituents is 1. The highest BCUT2D eigenvalue weighted by molar-refractivity contribution is 7.90. The molecule has 0 fully saturated rings. The minimum atomic E-state index is -3.20. The van der Waals surface area contributed by atoms with Crippen LogP contribution in [0.25, 0.3) is 6.08 Å². The molecule has 0 aliphatic carbocycles. The molecule has 0 aliphatic heterocycles. The molecule has 9 heteroatoms. The molecule has 1 N–H and O–H groups in total. The van der Waals surface area contributed by atoms with Crippen molar-refractivity contribution in [1.29, 1.82) is 0 Å². The van der Waals surface area contributed by atoms with Crippen LogP contribution in [0.1, 0.15) is 5.56 Å². The lowest BCUT2D eigenvalue weighted by Crippen LogP contribution is -2.12. The first-order chi connectivity index (χ1) is 9.69. The van der Waals surface area contributed by atoms with Gasteiger partial charge in [0, 0.05) is 30.0 Å². The van der Waals surface area contributed by atoms with Crippen LogP contribution in [-0.2, 0) is 14.6 Å². The number of hydrogen-bond acceptors (Lipinski definition) is 6. The van der Waals surface area contributed by atoms with Gasteiger partial charge in [-0.25, -0.2) is 13.2 Å². The maximum atomic E-state index is 11.0. The number of carboxylic acids is 1. The van der Waals surface area contributed by atoms with E-state index in [2.05, 4.69) is 0 Å². The summed E-state index contributed by atoms with van der Waals surface area (Å²) in [4.78, 5) is 20.6. The summed E-state index contributed by atoms with van der Waals surface area (Å²) in [5.41, 5.74) is -0.0457. The molecule has 0 aromatic heterocycles. The lowest BCUT2D eigenvalue weighted by atomic mass is 10.1. The second kappa shape index (κ2) is 6.84. The Morgan fingerprint density at radius 1 is 1.48 bits per heavy atom. The van der Waals surface area contributed by atoms with E-state index >= 15 is 0 Å². The monoisotopic (exact) mass is 315 g/mol. The van der Waals surface area contributed by atoms with Crippen molar-refractivity contribution in [1.82, 2.24) is 0 Å². The van der Waals surface area contributed by atoms with Crippen LogP contribution < -0.4 is 4.74 Å². The number of aliphatic carboxylic acids is 1. The van der Waals surface area contributed by atoms with Crippen LogP contribution in [0.4, 0.5) is 5.69 Å². The lowest BCUT2D eigenvalue weighted by molar-refractivity contribution is -0.384. The number of rotatable bonds is 7. The van der Waals surface area contributed by atoms with Crippen molar-refractivity contribution in [3.8, 4) is 5.75 Å². The van der Waals surface area contributed by atoms with Gasteiger partial charge in [-0.3, -0.25) is 10.1 Å². The Hall–Kier alpha value is -2.42. The third kappa shape index (κ3) is 6.04. The minimum absolute atomic E-state index is 0.134. The van der Waals surface area contributed by atoms with Crippen LogP contribution in [-0.4, -0.2) is 43.0 Å². The Kier molecular flexibility index (Phi) is 5.42. The van der Waals surface area contributed by atoms with Gasteiger partial charge in [-0.05, 0) is 12.1 Å². The van der Waals surface area contributed by atoms with Crippen LogP contribution in [0, 0.1) is 10.1 Å². The molecule has 0 bridgehead atoms. The molecule has 0 saturated carbocycles. The Morgan fingerprint density at radius 3 is 2.67 bits per heavy atom. The van der Waals surface area contributed by atoms with Gasteiger partial charge in [0.05, 0.1) is 10.7 Å². The maximum absolute atomic E-state index is 11.0. The van der Waals surface area contributed by atoms with Crippen molar-refractivity contribution in [2.24, 2.45) is 0 Å². The molecule has 0 aliphatic rings. The van der Waals surface area contributed by atoms with E-state index in [1.807, 2.05) is 0 Å². The van der Waals surface area contributed by atoms with Gasteiger partial charge in [0.15, 0.2) is 9.84 Å². The van der Waals surface area contributed by atoms with Crippen molar-refractivity contribution in [2.45, 2.75) is 0 Å². The Morgan fingerprint density at radius 2 is 2.14 bits per heavy atom. The van der Waals surface area contributed by atoms with Gasteiger partial charge in [-0.2, -0.15) is 0 Å². The lowest BCUT2D eigenvalue weighted by Gasteiger charge is -2.08. The number of carboxylic acid groups (broad SMARTS) is 1. The summed E-state index contributed by atoms with van der Waals surface area (Å²) in [5.74, 6) is -1.27. The van der Waals surface area contributed by atoms with Gasteiger partial charge in [-0.15, -0.1) is 0 Å². The molecule has 0 spiro atoms. The van der Waals surface area contributed by atoms with Gasteiger partial charge in [0.2, 0.25) is 0 Å². The Bertz CT molecular complexity index is 679. The zero-order valence-electron chi connectivity index (χ0n) is 11.1. The van der Waals surface area contributed by atoms with Crippen LogP contribution in [0.3, 0.4) is 0 Å². The summed E-state index contributed by atoms with van der Waals surface area (Å²) >= 11 is 0. The van der Waals surface area contributed by atoms with E-state index < -0.39 is 20.7 Å². The number of nitro groups is 1. The topological polar surface area (TPSA) is 124 Å². The fourth-order valence-electron chi connectivity index (χ4n) is 1.38. The number of hydrogen-bond donors (Lipinski definition) is 1. The number of carbonyl (C=O) groups is 1. The van der Waals surface area contributed by atoms with Crippen molar-refractivity contribution in [2.75, 3.05) is 18.6 Å². The van der Waals surface area contributed by atoms with E-state index in [9.17, 15) is 23.3 Å². The van der Waals surface area contributed by atoms with E-state index in [1.54, 1.807) is 0 Å². The van der Waals surface area contributed by atoms with E-state index in [-0.39, 0.29) is 29.4 Å². The molecular weight excluding hydrogens is 302 g/mol. The first-order valence-corrected chi connectivity index (χ1v) is 7.75. The van der Waals surface area contributed by atoms with Crippen molar-refractivity contribution >= 4 is 27.6 Å². The molecule has 0 amide bonds. The minimum Gasteiger partial charge on any atom is -0.492 e. The quantitative estimate of drug-likeness (QED) is 0.454. The molecule has 21 heavy (non-hydrogen) atoms. The van der Waals surface area contributed by atoms with E-state index in [1.165, 1.54) is 12.1 Å². The molecule has 8 nitrogen and oxygen atoms in total. The third-order valence-electron chi connectivity index (χ3n) is 2.32. The molecule has 0 heterocycles. The average molecular weight is 315 g/mol. The molecular formula is C12H13NO7S. The largest absolute Gasteiger partial charge is 0.492 e. The second-order valence-corrected chi connectivity index (χ2v) is 6.39. The molecule has 0 radical (unpaired) electrons. The molecule has 0 unspecified atom stereocenters. The fourth-order valence-corrected chi connectivity index (χ4v) is 1.76. The number of ether oxygens (including phenoxy) is 1. The van der Waals surface area contributed by atoms with Crippen molar-refractivity contribution < 1.29 is 28.0 Å². The summed E-state index contributed by atoms with van der Waals surface area (Å²) in [6.07, 6.45) is 3.00. The predicted molar refractivity (Wildman–Crippen MR) is 75.0 cm³/mol. The van der Waals surface area contributed by atoms with Gasteiger partial charge >= 0.3 is 5.97 Å². The van der Waals surface area contributed by atoms with Gasteiger partial charge in [0.1, 0.15) is 12.4 Å². The average Bonchev–Trinajstić information content (AvgIpc) is 2.35. The van der Waals surface area contributed by atoms with Crippen molar-refractivity contribution in [3.05, 3.63) is 40.0 Å². The molecule has 1 rings (SSSR count). The van der Waals surface area contributed by atoms with Crippen molar-refractivity contribution in [3.63, 3.8) is 0 Å². The van der Waals surface area contributed by atoms with Crippen LogP contribution in [0.15, 0.2) is 24.3 Å². The number of nitrogens with zero attached hydrogens (tertiary/aromatic N) is 1. The highest BCUT2D eigenvalue weighted by Crippen LogP contribution is 2.25. The smallest absolute Gasteiger partial charge is 0.328 e. The normalized spacial score (nSPS) is 11.5. The maximum Gasteiger partial charge on any atom is 0.328 e. The summed E-state index contributed by atoms with van der Waals surface area (Å²) in [6.45, 7) is -0.134. The zero-order chi connectivity index (χ0) is 16.0. The molecule has 114 valence electrons. The molecule has 0 atom stereocenters. The summed E-state index contributed by atoms with van der Waals surface area (Å²) in [6, 6.07) is 3.63. The SMILES string of the molecule is CS(=O)(=O)CCOc1ccc([N+](=O)[O-])cc1/C=C/C(=O)O.